The predicted molar refractivity (Wildman–Crippen MR) is 62.7 cm³/mol. The lowest BCUT2D eigenvalue weighted by atomic mass is 10.3. The third-order valence-corrected chi connectivity index (χ3v) is 3.18. The molecule has 0 aromatic carbocycles. The maximum atomic E-state index is 5.32. The van der Waals surface area contributed by atoms with E-state index in [2.05, 4.69) is 25.9 Å². The van der Waals surface area contributed by atoms with Crippen LogP contribution < -0.4 is 0 Å². The Labute approximate surface area is 100 Å². The minimum Gasteiger partial charge on any atom is -0.468 e. The monoisotopic (exact) mass is 284 g/mol. The number of rotatable bonds is 3. The summed E-state index contributed by atoms with van der Waals surface area (Å²) in [6.45, 7) is 2.03. The maximum Gasteiger partial charge on any atom is 0.187 e. The van der Waals surface area contributed by atoms with Gasteiger partial charge in [-0.15, -0.1) is 0 Å². The topological polar surface area (TPSA) is 38.9 Å². The number of thioether (sulfide) groups is 1. The van der Waals surface area contributed by atoms with Crippen molar-refractivity contribution in [3.8, 4) is 0 Å². The first kappa shape index (κ1) is 10.7. The standard InChI is InChI=1S/C10H9BrN2OS/c1-7-2-3-14-9(7)6-15-10-12-4-8(11)5-13-10/h2-5H,6H2,1H3. The van der Waals surface area contributed by atoms with Gasteiger partial charge in [0.05, 0.1) is 16.5 Å². The molecule has 2 rings (SSSR count). The lowest BCUT2D eigenvalue weighted by Crippen LogP contribution is -1.86. The van der Waals surface area contributed by atoms with E-state index in [0.29, 0.717) is 0 Å². The summed E-state index contributed by atoms with van der Waals surface area (Å²) in [5.74, 6) is 1.74. The first-order chi connectivity index (χ1) is 7.25. The second kappa shape index (κ2) is 4.81. The molecule has 0 amide bonds. The molecule has 0 fully saturated rings. The van der Waals surface area contributed by atoms with Crippen LogP contribution in [0.4, 0.5) is 0 Å². The second-order valence-corrected chi connectivity index (χ2v) is 4.86. The number of hydrogen-bond donors (Lipinski definition) is 0. The molecular weight excluding hydrogens is 276 g/mol. The average Bonchev–Trinajstić information content (AvgIpc) is 2.63. The molecule has 2 aromatic rings. The molecule has 0 N–H and O–H groups in total. The van der Waals surface area contributed by atoms with Gasteiger partial charge < -0.3 is 4.42 Å². The zero-order valence-electron chi connectivity index (χ0n) is 8.11. The Hall–Kier alpha value is -0.810. The Kier molecular flexibility index (Phi) is 3.43. The van der Waals surface area contributed by atoms with Gasteiger partial charge in [0, 0.05) is 12.4 Å². The molecule has 2 heterocycles. The van der Waals surface area contributed by atoms with Gasteiger partial charge in [0.25, 0.3) is 0 Å². The van der Waals surface area contributed by atoms with Crippen LogP contribution in [0.1, 0.15) is 11.3 Å². The Bertz CT molecular complexity index is 441. The van der Waals surface area contributed by atoms with E-state index < -0.39 is 0 Å². The van der Waals surface area contributed by atoms with Crippen molar-refractivity contribution in [3.63, 3.8) is 0 Å². The first-order valence-corrected chi connectivity index (χ1v) is 6.17. The molecule has 0 aliphatic carbocycles. The van der Waals surface area contributed by atoms with Crippen LogP contribution in [0.5, 0.6) is 0 Å². The fraction of sp³-hybridized carbons (Fsp3) is 0.200. The van der Waals surface area contributed by atoms with Crippen molar-refractivity contribution in [2.24, 2.45) is 0 Å². The number of hydrogen-bond acceptors (Lipinski definition) is 4. The SMILES string of the molecule is Cc1ccoc1CSc1ncc(Br)cn1. The second-order valence-electron chi connectivity index (χ2n) is 3.00. The predicted octanol–water partition coefficient (Wildman–Crippen LogP) is 3.43. The van der Waals surface area contributed by atoms with Crippen molar-refractivity contribution in [2.45, 2.75) is 17.8 Å². The smallest absolute Gasteiger partial charge is 0.187 e. The van der Waals surface area contributed by atoms with Crippen molar-refractivity contribution >= 4 is 27.7 Å². The van der Waals surface area contributed by atoms with E-state index in [-0.39, 0.29) is 0 Å². The van der Waals surface area contributed by atoms with Crippen molar-refractivity contribution in [1.29, 1.82) is 0 Å². The van der Waals surface area contributed by atoms with E-state index in [1.807, 2.05) is 13.0 Å². The van der Waals surface area contributed by atoms with Crippen LogP contribution in [-0.4, -0.2) is 9.97 Å². The molecule has 78 valence electrons. The van der Waals surface area contributed by atoms with Crippen LogP contribution in [0.25, 0.3) is 0 Å². The highest BCUT2D eigenvalue weighted by molar-refractivity contribution is 9.10. The molecule has 5 heteroatoms. The number of halogens is 1. The van der Waals surface area contributed by atoms with E-state index >= 15 is 0 Å². The summed E-state index contributed by atoms with van der Waals surface area (Å²) in [7, 11) is 0. The van der Waals surface area contributed by atoms with Crippen molar-refractivity contribution < 1.29 is 4.42 Å². The number of aromatic nitrogens is 2. The summed E-state index contributed by atoms with van der Waals surface area (Å²) < 4.78 is 6.21. The summed E-state index contributed by atoms with van der Waals surface area (Å²) in [5.41, 5.74) is 1.17. The minimum atomic E-state index is 0.758. The zero-order valence-corrected chi connectivity index (χ0v) is 10.5. The van der Waals surface area contributed by atoms with E-state index in [4.69, 9.17) is 4.42 Å². The lowest BCUT2D eigenvalue weighted by molar-refractivity contribution is 0.527. The van der Waals surface area contributed by atoms with Crippen LogP contribution in [0.3, 0.4) is 0 Å². The molecule has 0 bridgehead atoms. The summed E-state index contributed by atoms with van der Waals surface area (Å²) >= 11 is 4.86. The third kappa shape index (κ3) is 2.82. The van der Waals surface area contributed by atoms with E-state index in [1.54, 1.807) is 30.4 Å². The van der Waals surface area contributed by atoms with Crippen LogP contribution in [0, 0.1) is 6.92 Å². The largest absolute Gasteiger partial charge is 0.468 e. The van der Waals surface area contributed by atoms with Gasteiger partial charge in [0.1, 0.15) is 5.76 Å². The lowest BCUT2D eigenvalue weighted by Gasteiger charge is -1.98. The fourth-order valence-electron chi connectivity index (χ4n) is 1.06. The minimum absolute atomic E-state index is 0.758. The van der Waals surface area contributed by atoms with Gasteiger partial charge in [-0.05, 0) is 34.5 Å². The molecule has 3 nitrogen and oxygen atoms in total. The summed E-state index contributed by atoms with van der Waals surface area (Å²) in [4.78, 5) is 8.34. The summed E-state index contributed by atoms with van der Waals surface area (Å²) in [5, 5.41) is 0.758. The Morgan fingerprint density at radius 2 is 2.13 bits per heavy atom. The first-order valence-electron chi connectivity index (χ1n) is 4.39. The van der Waals surface area contributed by atoms with E-state index in [0.717, 1.165) is 21.1 Å². The number of furan rings is 1. The molecule has 0 saturated carbocycles. The van der Waals surface area contributed by atoms with Crippen LogP contribution in [0.15, 0.2) is 38.8 Å². The Morgan fingerprint density at radius 3 is 2.73 bits per heavy atom. The van der Waals surface area contributed by atoms with Gasteiger partial charge in [0.2, 0.25) is 0 Å². The molecule has 0 spiro atoms. The summed E-state index contributed by atoms with van der Waals surface area (Å²) in [6.07, 6.45) is 5.18. The van der Waals surface area contributed by atoms with E-state index in [9.17, 15) is 0 Å². The fourth-order valence-corrected chi connectivity index (χ4v) is 2.07. The van der Waals surface area contributed by atoms with Gasteiger partial charge in [-0.2, -0.15) is 0 Å². The van der Waals surface area contributed by atoms with Crippen molar-refractivity contribution in [3.05, 3.63) is 40.5 Å². The van der Waals surface area contributed by atoms with E-state index in [1.165, 1.54) is 5.56 Å². The van der Waals surface area contributed by atoms with Gasteiger partial charge in [-0.25, -0.2) is 9.97 Å². The average molecular weight is 285 g/mol. The molecule has 0 aliphatic heterocycles. The highest BCUT2D eigenvalue weighted by Gasteiger charge is 2.04. The van der Waals surface area contributed by atoms with Crippen LogP contribution in [-0.2, 0) is 5.75 Å². The van der Waals surface area contributed by atoms with Crippen LogP contribution in [0.2, 0.25) is 0 Å². The molecular formula is C10H9BrN2OS. The molecule has 0 aliphatic rings. The van der Waals surface area contributed by atoms with Gasteiger partial charge in [-0.1, -0.05) is 11.8 Å². The molecule has 0 unspecified atom stereocenters. The Morgan fingerprint density at radius 1 is 1.40 bits per heavy atom. The molecule has 0 radical (unpaired) electrons. The third-order valence-electron chi connectivity index (χ3n) is 1.90. The van der Waals surface area contributed by atoms with Gasteiger partial charge >= 0.3 is 0 Å². The van der Waals surface area contributed by atoms with Crippen molar-refractivity contribution in [2.75, 3.05) is 0 Å². The highest BCUT2D eigenvalue weighted by atomic mass is 79.9. The quantitative estimate of drug-likeness (QED) is 0.639. The normalized spacial score (nSPS) is 10.5. The number of aryl methyl sites for hydroxylation is 1. The number of nitrogens with zero attached hydrogens (tertiary/aromatic N) is 2. The highest BCUT2D eigenvalue weighted by Crippen LogP contribution is 2.22. The summed E-state index contributed by atoms with van der Waals surface area (Å²) in [6, 6.07) is 1.96. The van der Waals surface area contributed by atoms with Crippen LogP contribution >= 0.6 is 27.7 Å². The zero-order chi connectivity index (χ0) is 10.7. The maximum absolute atomic E-state index is 5.32. The molecule has 2 aromatic heterocycles. The molecule has 0 saturated heterocycles. The van der Waals surface area contributed by atoms with Gasteiger partial charge in [-0.3, -0.25) is 0 Å². The van der Waals surface area contributed by atoms with Crippen molar-refractivity contribution in [1.82, 2.24) is 9.97 Å². The Balaban J connectivity index is 1.99. The molecule has 0 atom stereocenters. The van der Waals surface area contributed by atoms with Gasteiger partial charge in [0.15, 0.2) is 5.16 Å². The molecule has 15 heavy (non-hydrogen) atoms.